The number of amides is 1. The third kappa shape index (κ3) is 5.72. The van der Waals surface area contributed by atoms with Gasteiger partial charge in [-0.2, -0.15) is 10.2 Å². The van der Waals surface area contributed by atoms with E-state index in [-0.39, 0.29) is 24.7 Å². The lowest BCUT2D eigenvalue weighted by atomic mass is 9.91. The highest BCUT2D eigenvalue weighted by Crippen LogP contribution is 2.39. The van der Waals surface area contributed by atoms with E-state index >= 15 is 0 Å². The summed E-state index contributed by atoms with van der Waals surface area (Å²) in [7, 11) is 0. The number of aromatic nitrogens is 4. The Morgan fingerprint density at radius 3 is 2.40 bits per heavy atom. The maximum absolute atomic E-state index is 13.4. The summed E-state index contributed by atoms with van der Waals surface area (Å²) in [4.78, 5) is 15.8. The standard InChI is InChI=1S/C35H43N7O3/c1-22-25(7-3-9-27(22)30-19-34-32(12-6-16-42(34)38-30)40-17-13-24(44)21-40)26-8-4-10-28(23(26)2)37-35(45)31-20-33-29(36-14-18-43)11-5-15-41(33)39-31/h3-4,7-10,19-20,24,29,32,36,43-44H,5-6,11-18,21H2,1-2H3,(H,37,45)/t24-,29?,32?/m1/s1. The lowest BCUT2D eigenvalue weighted by Crippen LogP contribution is -2.32. The Kier molecular flexibility index (Phi) is 8.31. The molecule has 1 fully saturated rings. The van der Waals surface area contributed by atoms with Crippen LogP contribution in [0, 0.1) is 13.8 Å². The number of nitrogens with one attached hydrogen (secondary N) is 2. The molecule has 7 rings (SSSR count). The van der Waals surface area contributed by atoms with Gasteiger partial charge in [0.25, 0.3) is 5.91 Å². The molecular weight excluding hydrogens is 566 g/mol. The van der Waals surface area contributed by atoms with Gasteiger partial charge < -0.3 is 20.8 Å². The minimum absolute atomic E-state index is 0.0747. The van der Waals surface area contributed by atoms with Crippen LogP contribution in [0.2, 0.25) is 0 Å². The fraction of sp³-hybridized carbons (Fsp3) is 0.457. The maximum Gasteiger partial charge on any atom is 0.276 e. The van der Waals surface area contributed by atoms with Crippen molar-refractivity contribution < 1.29 is 15.0 Å². The van der Waals surface area contributed by atoms with Crippen molar-refractivity contribution in [2.24, 2.45) is 0 Å². The number of aliphatic hydroxyl groups is 2. The van der Waals surface area contributed by atoms with Gasteiger partial charge in [-0.1, -0.05) is 30.3 Å². The average molecular weight is 610 g/mol. The summed E-state index contributed by atoms with van der Waals surface area (Å²) < 4.78 is 4.08. The molecule has 2 aromatic carbocycles. The van der Waals surface area contributed by atoms with E-state index in [1.807, 2.05) is 22.9 Å². The van der Waals surface area contributed by atoms with Crippen LogP contribution in [-0.4, -0.2) is 72.9 Å². The van der Waals surface area contributed by atoms with E-state index in [0.29, 0.717) is 18.3 Å². The summed E-state index contributed by atoms with van der Waals surface area (Å²) in [6, 6.07) is 16.9. The molecule has 45 heavy (non-hydrogen) atoms. The molecular formula is C35H43N7O3. The Hall–Kier alpha value is -3.83. The minimum atomic E-state index is -0.234. The first-order chi connectivity index (χ1) is 21.9. The quantitative estimate of drug-likeness (QED) is 0.231. The number of anilines is 1. The third-order valence-electron chi connectivity index (χ3n) is 9.88. The second kappa shape index (κ2) is 12.5. The highest BCUT2D eigenvalue weighted by molar-refractivity contribution is 6.04. The first-order valence-corrected chi connectivity index (χ1v) is 16.3. The van der Waals surface area contributed by atoms with E-state index in [1.165, 1.54) is 5.69 Å². The van der Waals surface area contributed by atoms with Gasteiger partial charge in [-0.05, 0) is 86.4 Å². The Morgan fingerprint density at radius 2 is 1.62 bits per heavy atom. The first-order valence-electron chi connectivity index (χ1n) is 16.3. The molecule has 1 saturated heterocycles. The van der Waals surface area contributed by atoms with Gasteiger partial charge in [0.1, 0.15) is 0 Å². The van der Waals surface area contributed by atoms with E-state index in [1.54, 1.807) is 0 Å². The molecule has 3 aliphatic heterocycles. The number of aliphatic hydroxyl groups excluding tert-OH is 2. The molecule has 0 saturated carbocycles. The SMILES string of the molecule is Cc1c(NC(=O)c2cc3n(n2)CCCC3NCCO)cccc1-c1cccc(-c2cc3n(n2)CCCC3N2CC[C@@H](O)C2)c1C. The number of likely N-dealkylation sites (tertiary alicyclic amines) is 1. The van der Waals surface area contributed by atoms with Crippen LogP contribution in [0.25, 0.3) is 22.4 Å². The van der Waals surface area contributed by atoms with E-state index < -0.39 is 0 Å². The molecule has 3 atom stereocenters. The number of fused-ring (bicyclic) bond motifs is 2. The molecule has 0 bridgehead atoms. The molecule has 10 heteroatoms. The van der Waals surface area contributed by atoms with Gasteiger partial charge in [0, 0.05) is 50.0 Å². The van der Waals surface area contributed by atoms with Crippen LogP contribution in [0.15, 0.2) is 48.5 Å². The van der Waals surface area contributed by atoms with Crippen LogP contribution in [0.4, 0.5) is 5.69 Å². The fourth-order valence-electron chi connectivity index (χ4n) is 7.51. The van der Waals surface area contributed by atoms with Gasteiger partial charge in [-0.3, -0.25) is 19.1 Å². The Balaban J connectivity index is 1.14. The van der Waals surface area contributed by atoms with Crippen LogP contribution >= 0.6 is 0 Å². The molecule has 0 spiro atoms. The molecule has 2 unspecified atom stereocenters. The lowest BCUT2D eigenvalue weighted by molar-refractivity contribution is 0.102. The molecule has 4 aromatic rings. The minimum Gasteiger partial charge on any atom is -0.395 e. The molecule has 2 aromatic heterocycles. The van der Waals surface area contributed by atoms with Crippen LogP contribution in [0.5, 0.6) is 0 Å². The summed E-state index contributed by atoms with van der Waals surface area (Å²) in [5.41, 5.74) is 9.80. The van der Waals surface area contributed by atoms with Crippen molar-refractivity contribution in [2.45, 2.75) is 77.2 Å². The number of β-amino-alcohol motifs (C(OH)–C–C–N with tert-alkyl or cyclic N) is 1. The number of benzene rings is 2. The fourth-order valence-corrected chi connectivity index (χ4v) is 7.51. The Bertz CT molecular complexity index is 1710. The normalized spacial score (nSPS) is 21.5. The average Bonchev–Trinajstić information content (AvgIpc) is 3.79. The predicted molar refractivity (Wildman–Crippen MR) is 174 cm³/mol. The summed E-state index contributed by atoms with van der Waals surface area (Å²) in [5, 5.41) is 35.6. The Morgan fingerprint density at radius 1 is 0.889 bits per heavy atom. The van der Waals surface area contributed by atoms with E-state index in [0.717, 1.165) is 103 Å². The zero-order valence-electron chi connectivity index (χ0n) is 26.2. The largest absolute Gasteiger partial charge is 0.395 e. The van der Waals surface area contributed by atoms with Gasteiger partial charge in [-0.25, -0.2) is 0 Å². The molecule has 236 valence electrons. The van der Waals surface area contributed by atoms with Gasteiger partial charge in [0.2, 0.25) is 0 Å². The third-order valence-corrected chi connectivity index (χ3v) is 9.88. The van der Waals surface area contributed by atoms with Crippen molar-refractivity contribution in [2.75, 3.05) is 31.6 Å². The van der Waals surface area contributed by atoms with Crippen molar-refractivity contribution >= 4 is 11.6 Å². The van der Waals surface area contributed by atoms with Gasteiger partial charge in [-0.15, -0.1) is 0 Å². The smallest absolute Gasteiger partial charge is 0.276 e. The van der Waals surface area contributed by atoms with Gasteiger partial charge >= 0.3 is 0 Å². The van der Waals surface area contributed by atoms with Crippen molar-refractivity contribution in [1.29, 1.82) is 0 Å². The predicted octanol–water partition coefficient (Wildman–Crippen LogP) is 4.60. The summed E-state index contributed by atoms with van der Waals surface area (Å²) >= 11 is 0. The summed E-state index contributed by atoms with van der Waals surface area (Å²) in [6.07, 6.45) is 4.72. The van der Waals surface area contributed by atoms with Gasteiger partial charge in [0.15, 0.2) is 5.69 Å². The molecule has 4 N–H and O–H groups in total. The van der Waals surface area contributed by atoms with Crippen molar-refractivity contribution in [3.8, 4) is 22.4 Å². The van der Waals surface area contributed by atoms with Crippen molar-refractivity contribution in [1.82, 2.24) is 29.8 Å². The number of hydrogen-bond acceptors (Lipinski definition) is 7. The number of carbonyl (C=O) groups excluding carboxylic acids is 1. The molecule has 3 aliphatic rings. The highest BCUT2D eigenvalue weighted by atomic mass is 16.3. The zero-order chi connectivity index (χ0) is 31.1. The number of aryl methyl sites for hydroxylation is 2. The number of hydrogen-bond donors (Lipinski definition) is 4. The molecule has 0 aliphatic carbocycles. The van der Waals surface area contributed by atoms with E-state index in [2.05, 4.69) is 69.5 Å². The summed E-state index contributed by atoms with van der Waals surface area (Å²) in [5.74, 6) is -0.229. The van der Waals surface area contributed by atoms with Crippen LogP contribution in [0.3, 0.4) is 0 Å². The number of carbonyl (C=O) groups is 1. The van der Waals surface area contributed by atoms with E-state index in [9.17, 15) is 15.0 Å². The maximum atomic E-state index is 13.4. The molecule has 0 radical (unpaired) electrons. The lowest BCUT2D eigenvalue weighted by Gasteiger charge is -2.31. The highest BCUT2D eigenvalue weighted by Gasteiger charge is 2.33. The monoisotopic (exact) mass is 609 g/mol. The second-order valence-electron chi connectivity index (χ2n) is 12.7. The topological polar surface area (TPSA) is 120 Å². The van der Waals surface area contributed by atoms with Crippen LogP contribution in [0.1, 0.15) is 77.2 Å². The molecule has 10 nitrogen and oxygen atoms in total. The van der Waals surface area contributed by atoms with Crippen LogP contribution in [-0.2, 0) is 13.1 Å². The molecule has 1 amide bonds. The molecule has 5 heterocycles. The summed E-state index contributed by atoms with van der Waals surface area (Å²) in [6.45, 7) is 8.15. The Labute approximate surface area is 264 Å². The van der Waals surface area contributed by atoms with Crippen molar-refractivity contribution in [3.05, 3.63) is 76.7 Å². The van der Waals surface area contributed by atoms with Gasteiger partial charge in [0.05, 0.1) is 35.8 Å². The zero-order valence-corrected chi connectivity index (χ0v) is 26.2. The second-order valence-corrected chi connectivity index (χ2v) is 12.7. The first kappa shape index (κ1) is 29.9. The number of rotatable bonds is 8. The van der Waals surface area contributed by atoms with E-state index in [4.69, 9.17) is 5.10 Å². The number of nitrogens with zero attached hydrogens (tertiary/aromatic N) is 5. The van der Waals surface area contributed by atoms with Crippen molar-refractivity contribution in [3.63, 3.8) is 0 Å². The van der Waals surface area contributed by atoms with Crippen LogP contribution < -0.4 is 10.6 Å².